The highest BCUT2D eigenvalue weighted by Gasteiger charge is 2.39. The molecule has 1 aliphatic rings. The molecule has 1 aliphatic carbocycles. The number of amides is 1. The van der Waals surface area contributed by atoms with Crippen molar-refractivity contribution in [2.24, 2.45) is 0 Å². The predicted molar refractivity (Wildman–Crippen MR) is 80.5 cm³/mol. The van der Waals surface area contributed by atoms with E-state index in [-0.39, 0.29) is 11.4 Å². The minimum atomic E-state index is -0.341. The number of hydrogen-bond donors (Lipinski definition) is 1. The minimum absolute atomic E-state index is 0.156. The molecular formula is C15H17N3O2S. The van der Waals surface area contributed by atoms with E-state index in [9.17, 15) is 4.79 Å². The van der Waals surface area contributed by atoms with Crippen molar-refractivity contribution in [1.82, 2.24) is 15.3 Å². The average Bonchev–Trinajstić information content (AvgIpc) is 3.19. The molecule has 1 saturated carbocycles. The fraction of sp³-hybridized carbons (Fsp3) is 0.400. The Kier molecular flexibility index (Phi) is 3.88. The van der Waals surface area contributed by atoms with Crippen LogP contribution in [0.5, 0.6) is 5.88 Å². The van der Waals surface area contributed by atoms with Crippen molar-refractivity contribution in [2.75, 3.05) is 7.11 Å². The molecule has 110 valence electrons. The van der Waals surface area contributed by atoms with Gasteiger partial charge in [0.25, 0.3) is 5.91 Å². The Morgan fingerprint density at radius 1 is 1.33 bits per heavy atom. The van der Waals surface area contributed by atoms with Crippen LogP contribution in [-0.2, 0) is 5.54 Å². The fourth-order valence-electron chi connectivity index (χ4n) is 2.84. The van der Waals surface area contributed by atoms with Crippen LogP contribution in [0.15, 0.2) is 29.9 Å². The summed E-state index contributed by atoms with van der Waals surface area (Å²) in [5.74, 6) is 0.194. The highest BCUT2D eigenvalue weighted by atomic mass is 32.1. The van der Waals surface area contributed by atoms with E-state index in [1.54, 1.807) is 35.9 Å². The molecule has 6 heteroatoms. The molecule has 1 fully saturated rings. The normalized spacial score (nSPS) is 16.6. The largest absolute Gasteiger partial charge is 0.480 e. The van der Waals surface area contributed by atoms with Gasteiger partial charge in [-0.2, -0.15) is 0 Å². The molecule has 0 saturated heterocycles. The van der Waals surface area contributed by atoms with E-state index < -0.39 is 0 Å². The lowest BCUT2D eigenvalue weighted by Crippen LogP contribution is -2.43. The highest BCUT2D eigenvalue weighted by molar-refractivity contribution is 7.09. The molecular weight excluding hydrogens is 286 g/mol. The van der Waals surface area contributed by atoms with Crippen molar-refractivity contribution in [3.8, 4) is 5.88 Å². The molecule has 2 heterocycles. The summed E-state index contributed by atoms with van der Waals surface area (Å²) >= 11 is 1.59. The number of ether oxygens (including phenoxy) is 1. The average molecular weight is 303 g/mol. The smallest absolute Gasteiger partial charge is 0.257 e. The number of methoxy groups -OCH3 is 1. The first-order valence-corrected chi connectivity index (χ1v) is 7.85. The van der Waals surface area contributed by atoms with Gasteiger partial charge in [0.1, 0.15) is 10.6 Å². The first-order valence-electron chi connectivity index (χ1n) is 6.97. The van der Waals surface area contributed by atoms with Gasteiger partial charge in [-0.05, 0) is 25.0 Å². The number of carbonyl (C=O) groups is 1. The molecule has 0 unspecified atom stereocenters. The lowest BCUT2D eigenvalue weighted by Gasteiger charge is -2.28. The summed E-state index contributed by atoms with van der Waals surface area (Å²) < 4.78 is 5.17. The Labute approximate surface area is 127 Å². The summed E-state index contributed by atoms with van der Waals surface area (Å²) in [5.41, 5.74) is 0.120. The zero-order valence-electron chi connectivity index (χ0n) is 11.8. The van der Waals surface area contributed by atoms with Crippen LogP contribution < -0.4 is 10.1 Å². The van der Waals surface area contributed by atoms with Crippen LogP contribution in [-0.4, -0.2) is 23.0 Å². The van der Waals surface area contributed by atoms with Gasteiger partial charge >= 0.3 is 0 Å². The van der Waals surface area contributed by atoms with Crippen molar-refractivity contribution in [3.05, 3.63) is 40.5 Å². The van der Waals surface area contributed by atoms with Gasteiger partial charge in [0, 0.05) is 17.8 Å². The van der Waals surface area contributed by atoms with Crippen LogP contribution in [0.25, 0.3) is 0 Å². The third kappa shape index (κ3) is 2.63. The molecule has 1 amide bonds. The molecule has 0 spiro atoms. The monoisotopic (exact) mass is 303 g/mol. The lowest BCUT2D eigenvalue weighted by molar-refractivity contribution is 0.0894. The standard InChI is InChI=1S/C15H17N3O2S/c1-20-13-11(5-4-8-16-13)12(19)18-15(6-2-3-7-15)14-17-9-10-21-14/h4-5,8-10H,2-3,6-7H2,1H3,(H,18,19). The van der Waals surface area contributed by atoms with Crippen LogP contribution >= 0.6 is 11.3 Å². The number of thiazole rings is 1. The van der Waals surface area contributed by atoms with Crippen LogP contribution in [0, 0.1) is 0 Å². The number of pyridine rings is 1. The maximum absolute atomic E-state index is 12.6. The second-order valence-electron chi connectivity index (χ2n) is 5.14. The lowest BCUT2D eigenvalue weighted by atomic mass is 9.98. The third-order valence-electron chi connectivity index (χ3n) is 3.86. The van der Waals surface area contributed by atoms with Gasteiger partial charge in [0.2, 0.25) is 5.88 Å². The Morgan fingerprint density at radius 2 is 2.14 bits per heavy atom. The summed E-state index contributed by atoms with van der Waals surface area (Å²) in [6, 6.07) is 3.47. The van der Waals surface area contributed by atoms with E-state index in [0.29, 0.717) is 11.4 Å². The van der Waals surface area contributed by atoms with E-state index in [1.165, 1.54) is 7.11 Å². The first kappa shape index (κ1) is 14.0. The summed E-state index contributed by atoms with van der Waals surface area (Å²) in [5, 5.41) is 6.11. The topological polar surface area (TPSA) is 64.1 Å². The van der Waals surface area contributed by atoms with Gasteiger partial charge in [-0.1, -0.05) is 12.8 Å². The Balaban J connectivity index is 1.88. The molecule has 5 nitrogen and oxygen atoms in total. The first-order chi connectivity index (χ1) is 10.2. The SMILES string of the molecule is COc1ncccc1C(=O)NC1(c2nccs2)CCCC1. The Morgan fingerprint density at radius 3 is 2.81 bits per heavy atom. The van der Waals surface area contributed by atoms with Gasteiger partial charge in [-0.3, -0.25) is 4.79 Å². The Hall–Kier alpha value is -1.95. The summed E-state index contributed by atoms with van der Waals surface area (Å²) in [6.45, 7) is 0. The second-order valence-corrected chi connectivity index (χ2v) is 6.04. The molecule has 1 N–H and O–H groups in total. The fourth-order valence-corrected chi connectivity index (χ4v) is 3.69. The van der Waals surface area contributed by atoms with Crippen LogP contribution in [0.3, 0.4) is 0 Å². The summed E-state index contributed by atoms with van der Waals surface area (Å²) in [4.78, 5) is 21.1. The number of nitrogens with zero attached hydrogens (tertiary/aromatic N) is 2. The van der Waals surface area contributed by atoms with E-state index in [4.69, 9.17) is 4.74 Å². The van der Waals surface area contributed by atoms with Crippen LogP contribution in [0.4, 0.5) is 0 Å². The minimum Gasteiger partial charge on any atom is -0.480 e. The van der Waals surface area contributed by atoms with E-state index >= 15 is 0 Å². The van der Waals surface area contributed by atoms with Gasteiger partial charge in [-0.25, -0.2) is 9.97 Å². The van der Waals surface area contributed by atoms with Gasteiger partial charge in [0.15, 0.2) is 0 Å². The van der Waals surface area contributed by atoms with Crippen LogP contribution in [0.2, 0.25) is 0 Å². The quantitative estimate of drug-likeness (QED) is 0.943. The molecule has 3 rings (SSSR count). The predicted octanol–water partition coefficient (Wildman–Crippen LogP) is 2.75. The van der Waals surface area contributed by atoms with Crippen molar-refractivity contribution in [3.63, 3.8) is 0 Å². The Bertz CT molecular complexity index is 622. The molecule has 2 aromatic rings. The molecule has 21 heavy (non-hydrogen) atoms. The van der Waals surface area contributed by atoms with Gasteiger partial charge in [0.05, 0.1) is 12.6 Å². The molecule has 0 radical (unpaired) electrons. The van der Waals surface area contributed by atoms with Crippen molar-refractivity contribution < 1.29 is 9.53 Å². The number of nitrogens with one attached hydrogen (secondary N) is 1. The zero-order valence-corrected chi connectivity index (χ0v) is 12.7. The van der Waals surface area contributed by atoms with Gasteiger partial charge < -0.3 is 10.1 Å². The summed E-state index contributed by atoms with van der Waals surface area (Å²) in [7, 11) is 1.52. The second kappa shape index (κ2) is 5.81. The molecule has 2 aromatic heterocycles. The maximum atomic E-state index is 12.6. The number of rotatable bonds is 4. The summed E-state index contributed by atoms with van der Waals surface area (Å²) in [6.07, 6.45) is 7.45. The zero-order chi connectivity index (χ0) is 14.7. The third-order valence-corrected chi connectivity index (χ3v) is 4.84. The van der Waals surface area contributed by atoms with E-state index in [1.807, 2.05) is 5.38 Å². The van der Waals surface area contributed by atoms with E-state index in [2.05, 4.69) is 15.3 Å². The number of aromatic nitrogens is 2. The van der Waals surface area contributed by atoms with E-state index in [0.717, 1.165) is 30.7 Å². The molecule has 0 aliphatic heterocycles. The van der Waals surface area contributed by atoms with Crippen LogP contribution in [0.1, 0.15) is 41.0 Å². The molecule has 0 aromatic carbocycles. The number of hydrogen-bond acceptors (Lipinski definition) is 5. The van der Waals surface area contributed by atoms with Crippen molar-refractivity contribution in [1.29, 1.82) is 0 Å². The highest BCUT2D eigenvalue weighted by Crippen LogP contribution is 2.40. The molecule has 0 bridgehead atoms. The molecule has 0 atom stereocenters. The number of carbonyl (C=O) groups excluding carboxylic acids is 1. The van der Waals surface area contributed by atoms with Crippen molar-refractivity contribution >= 4 is 17.2 Å². The van der Waals surface area contributed by atoms with Crippen molar-refractivity contribution in [2.45, 2.75) is 31.2 Å². The maximum Gasteiger partial charge on any atom is 0.257 e. The van der Waals surface area contributed by atoms with Gasteiger partial charge in [-0.15, -0.1) is 11.3 Å².